The summed E-state index contributed by atoms with van der Waals surface area (Å²) in [5.41, 5.74) is -0.876. The molecule has 1 N–H and O–H groups in total. The van der Waals surface area contributed by atoms with Crippen LogP contribution in [0.1, 0.15) is 44.4 Å². The van der Waals surface area contributed by atoms with Crippen molar-refractivity contribution >= 4 is 17.9 Å². The third kappa shape index (κ3) is 2.85. The summed E-state index contributed by atoms with van der Waals surface area (Å²) in [5, 5.41) is 10.1. The topological polar surface area (TPSA) is 115 Å². The molecule has 2 atom stereocenters. The van der Waals surface area contributed by atoms with Crippen LogP contribution in [0.5, 0.6) is 0 Å². The van der Waals surface area contributed by atoms with Crippen molar-refractivity contribution in [2.24, 2.45) is 5.92 Å². The summed E-state index contributed by atoms with van der Waals surface area (Å²) in [6, 6.07) is -0.542. The zero-order chi connectivity index (χ0) is 17.3. The molecule has 2 heterocycles. The van der Waals surface area contributed by atoms with Crippen molar-refractivity contribution in [1.82, 2.24) is 20.4 Å². The van der Waals surface area contributed by atoms with Gasteiger partial charge in [-0.25, -0.2) is 4.79 Å². The molecule has 9 heteroatoms. The molecule has 1 spiro atoms. The van der Waals surface area contributed by atoms with Gasteiger partial charge in [0.1, 0.15) is 12.1 Å². The lowest BCUT2D eigenvalue weighted by atomic mass is 9.73. The van der Waals surface area contributed by atoms with Gasteiger partial charge in [0.05, 0.1) is 0 Å². The Morgan fingerprint density at radius 3 is 2.88 bits per heavy atom. The molecule has 2 aliphatic rings. The van der Waals surface area contributed by atoms with E-state index in [4.69, 9.17) is 9.15 Å². The summed E-state index contributed by atoms with van der Waals surface area (Å²) in [4.78, 5) is 37.7. The van der Waals surface area contributed by atoms with Crippen LogP contribution in [0.4, 0.5) is 4.79 Å². The minimum Gasteiger partial charge on any atom is -0.454 e. The van der Waals surface area contributed by atoms with Crippen molar-refractivity contribution in [2.75, 3.05) is 6.54 Å². The van der Waals surface area contributed by atoms with Gasteiger partial charge in [0.25, 0.3) is 11.8 Å². The first-order chi connectivity index (χ1) is 11.4. The third-order valence-electron chi connectivity index (χ3n) is 4.71. The Morgan fingerprint density at radius 1 is 1.42 bits per heavy atom. The Hall–Kier alpha value is -2.45. The van der Waals surface area contributed by atoms with Gasteiger partial charge in [-0.3, -0.25) is 14.5 Å². The highest BCUT2D eigenvalue weighted by Crippen LogP contribution is 2.38. The normalized spacial score (nSPS) is 26.8. The van der Waals surface area contributed by atoms with Crippen molar-refractivity contribution in [2.45, 2.75) is 51.7 Å². The second-order valence-electron chi connectivity index (χ2n) is 6.32. The van der Waals surface area contributed by atoms with Gasteiger partial charge >= 0.3 is 12.0 Å². The number of imide groups is 1. The fourth-order valence-electron chi connectivity index (χ4n) is 3.35. The lowest BCUT2D eigenvalue weighted by Gasteiger charge is -2.36. The van der Waals surface area contributed by atoms with Crippen LogP contribution in [0, 0.1) is 12.8 Å². The molecule has 9 nitrogen and oxygen atoms in total. The maximum Gasteiger partial charge on any atom is 0.326 e. The first-order valence-electron chi connectivity index (χ1n) is 8.01. The number of esters is 1. The molecule has 0 aromatic carbocycles. The molecule has 0 radical (unpaired) electrons. The number of aromatic nitrogens is 2. The number of ether oxygens (including phenoxy) is 1. The van der Waals surface area contributed by atoms with Gasteiger partial charge in [0, 0.05) is 6.92 Å². The summed E-state index contributed by atoms with van der Waals surface area (Å²) in [5.74, 6) is -0.468. The largest absolute Gasteiger partial charge is 0.454 e. The van der Waals surface area contributed by atoms with E-state index in [0.717, 1.165) is 24.2 Å². The molecule has 1 aliphatic heterocycles. The Bertz CT molecular complexity index is 673. The second-order valence-corrected chi connectivity index (χ2v) is 6.32. The van der Waals surface area contributed by atoms with Crippen molar-refractivity contribution in [3.63, 3.8) is 0 Å². The highest BCUT2D eigenvalue weighted by atomic mass is 16.5. The van der Waals surface area contributed by atoms with Crippen molar-refractivity contribution in [1.29, 1.82) is 0 Å². The van der Waals surface area contributed by atoms with Crippen molar-refractivity contribution in [3.05, 3.63) is 11.8 Å². The lowest BCUT2D eigenvalue weighted by molar-refractivity contribution is -0.150. The molecule has 130 valence electrons. The van der Waals surface area contributed by atoms with E-state index in [1.165, 1.54) is 0 Å². The van der Waals surface area contributed by atoms with E-state index < -0.39 is 24.1 Å². The number of nitrogens with zero attached hydrogens (tertiary/aromatic N) is 3. The number of hydrogen-bond acceptors (Lipinski definition) is 7. The molecule has 1 aromatic rings. The van der Waals surface area contributed by atoms with Crippen LogP contribution in [-0.2, 0) is 20.9 Å². The van der Waals surface area contributed by atoms with E-state index in [1.807, 2.05) is 6.92 Å². The molecule has 1 aliphatic carbocycles. The standard InChI is InChI=1S/C15H20N4O5/c1-9-5-3-4-6-15(9)13(21)19(14(22)16-15)7-12(20)23-8-11-18-17-10(2)24-11/h9H,3-8H2,1-2H3,(H,16,22)/t9-,15-/m1/s1. The first kappa shape index (κ1) is 16.4. The minimum absolute atomic E-state index is 0.0464. The number of nitrogens with one attached hydrogen (secondary N) is 1. The van der Waals surface area contributed by atoms with E-state index in [0.29, 0.717) is 12.3 Å². The maximum absolute atomic E-state index is 12.7. The lowest BCUT2D eigenvalue weighted by Crippen LogP contribution is -2.54. The van der Waals surface area contributed by atoms with E-state index in [2.05, 4.69) is 15.5 Å². The highest BCUT2D eigenvalue weighted by molar-refractivity contribution is 6.08. The molecular formula is C15H20N4O5. The Kier molecular flexibility index (Phi) is 4.25. The number of rotatable bonds is 4. The van der Waals surface area contributed by atoms with Gasteiger partial charge in [0.15, 0.2) is 6.61 Å². The van der Waals surface area contributed by atoms with Crippen molar-refractivity contribution in [3.8, 4) is 0 Å². The van der Waals surface area contributed by atoms with Crippen LogP contribution in [-0.4, -0.2) is 45.1 Å². The quantitative estimate of drug-likeness (QED) is 0.642. The number of urea groups is 1. The Labute approximate surface area is 138 Å². The first-order valence-corrected chi connectivity index (χ1v) is 8.01. The molecule has 3 amide bonds. The predicted molar refractivity (Wildman–Crippen MR) is 79.4 cm³/mol. The number of aryl methyl sites for hydroxylation is 1. The van der Waals surface area contributed by atoms with E-state index in [-0.39, 0.29) is 24.3 Å². The number of carbonyl (C=O) groups is 3. The summed E-state index contributed by atoms with van der Waals surface area (Å²) >= 11 is 0. The van der Waals surface area contributed by atoms with Crippen LogP contribution in [0.15, 0.2) is 4.42 Å². The van der Waals surface area contributed by atoms with Crippen LogP contribution >= 0.6 is 0 Å². The van der Waals surface area contributed by atoms with Crippen LogP contribution in [0.2, 0.25) is 0 Å². The fraction of sp³-hybridized carbons (Fsp3) is 0.667. The number of hydrogen-bond donors (Lipinski definition) is 1. The highest BCUT2D eigenvalue weighted by Gasteiger charge is 2.55. The molecule has 1 saturated heterocycles. The molecular weight excluding hydrogens is 316 g/mol. The molecule has 1 aromatic heterocycles. The average Bonchev–Trinajstić information content (AvgIpc) is 3.06. The monoisotopic (exact) mass is 336 g/mol. The molecule has 24 heavy (non-hydrogen) atoms. The van der Waals surface area contributed by atoms with Crippen LogP contribution < -0.4 is 5.32 Å². The third-order valence-corrected chi connectivity index (χ3v) is 4.71. The summed E-state index contributed by atoms with van der Waals surface area (Å²) in [6.45, 7) is 2.96. The molecule has 1 saturated carbocycles. The van der Waals surface area contributed by atoms with Gasteiger partial charge in [-0.2, -0.15) is 0 Å². The molecule has 0 bridgehead atoms. The van der Waals surface area contributed by atoms with Crippen LogP contribution in [0.25, 0.3) is 0 Å². The van der Waals surface area contributed by atoms with Gasteiger partial charge < -0.3 is 14.5 Å². The fourth-order valence-corrected chi connectivity index (χ4v) is 3.35. The smallest absolute Gasteiger partial charge is 0.326 e. The molecule has 3 rings (SSSR count). The van der Waals surface area contributed by atoms with E-state index >= 15 is 0 Å². The molecule has 0 unspecified atom stereocenters. The minimum atomic E-state index is -0.876. The van der Waals surface area contributed by atoms with Crippen LogP contribution in [0.3, 0.4) is 0 Å². The predicted octanol–water partition coefficient (Wildman–Crippen LogP) is 0.922. The Balaban J connectivity index is 1.61. The van der Waals surface area contributed by atoms with Gasteiger partial charge in [-0.15, -0.1) is 10.2 Å². The zero-order valence-electron chi connectivity index (χ0n) is 13.7. The van der Waals surface area contributed by atoms with E-state index in [9.17, 15) is 14.4 Å². The molecule has 2 fully saturated rings. The average molecular weight is 336 g/mol. The summed E-state index contributed by atoms with van der Waals surface area (Å²) in [6.07, 6.45) is 3.40. The Morgan fingerprint density at radius 2 is 2.21 bits per heavy atom. The van der Waals surface area contributed by atoms with Gasteiger partial charge in [-0.1, -0.05) is 19.8 Å². The maximum atomic E-state index is 12.7. The summed E-state index contributed by atoms with van der Waals surface area (Å²) in [7, 11) is 0. The number of amides is 3. The van der Waals surface area contributed by atoms with Gasteiger partial charge in [0.2, 0.25) is 5.89 Å². The second kappa shape index (κ2) is 6.21. The SMILES string of the molecule is Cc1nnc(COC(=O)CN2C(=O)N[C@@]3(CCCC[C@H]3C)C2=O)o1. The summed E-state index contributed by atoms with van der Waals surface area (Å²) < 4.78 is 10.1. The zero-order valence-corrected chi connectivity index (χ0v) is 13.7. The van der Waals surface area contributed by atoms with Crippen molar-refractivity contribution < 1.29 is 23.5 Å². The van der Waals surface area contributed by atoms with E-state index in [1.54, 1.807) is 6.92 Å². The van der Waals surface area contributed by atoms with Gasteiger partial charge in [-0.05, 0) is 18.8 Å². The number of carbonyl (C=O) groups excluding carboxylic acids is 3.